The van der Waals surface area contributed by atoms with Crippen molar-refractivity contribution in [2.75, 3.05) is 11.9 Å². The van der Waals surface area contributed by atoms with Crippen molar-refractivity contribution in [2.45, 2.75) is 25.4 Å². The smallest absolute Gasteiger partial charge is 0.319 e. The molecule has 0 heterocycles. The van der Waals surface area contributed by atoms with Gasteiger partial charge in [0.25, 0.3) is 5.91 Å². The van der Waals surface area contributed by atoms with Gasteiger partial charge in [0.05, 0.1) is 0 Å². The molecule has 0 spiro atoms. The first-order chi connectivity index (χ1) is 13.5. The van der Waals surface area contributed by atoms with Crippen molar-refractivity contribution in [3.05, 3.63) is 76.5 Å². The van der Waals surface area contributed by atoms with Gasteiger partial charge in [-0.2, -0.15) is 0 Å². The number of benzene rings is 2. The maximum absolute atomic E-state index is 14.1. The summed E-state index contributed by atoms with van der Waals surface area (Å²) in [5.41, 5.74) is 1.33. The fourth-order valence-electron chi connectivity index (χ4n) is 2.74. The van der Waals surface area contributed by atoms with E-state index in [4.69, 9.17) is 0 Å². The van der Waals surface area contributed by atoms with E-state index < -0.39 is 0 Å². The Morgan fingerprint density at radius 1 is 1.25 bits per heavy atom. The fourth-order valence-corrected chi connectivity index (χ4v) is 3.15. The fraction of sp³-hybridized carbons (Fsp3) is 0.238. The molecule has 2 aromatic rings. The number of nitrogens with one attached hydrogen (secondary N) is 2. The first-order valence-electron chi connectivity index (χ1n) is 8.98. The first-order valence-corrected chi connectivity index (χ1v) is 9.77. The third-order valence-corrected chi connectivity index (χ3v) is 4.78. The Balaban J connectivity index is 1.75. The summed E-state index contributed by atoms with van der Waals surface area (Å²) in [4.78, 5) is 26.4. The molecular weight excluding hydrogens is 425 g/mol. The summed E-state index contributed by atoms with van der Waals surface area (Å²) in [5, 5.41) is 5.57. The number of nitrogens with zero attached hydrogens (tertiary/aromatic N) is 1. The van der Waals surface area contributed by atoms with E-state index in [0.29, 0.717) is 16.8 Å². The zero-order valence-corrected chi connectivity index (χ0v) is 16.8. The van der Waals surface area contributed by atoms with E-state index in [1.807, 2.05) is 0 Å². The second kappa shape index (κ2) is 9.01. The van der Waals surface area contributed by atoms with Gasteiger partial charge in [0, 0.05) is 40.4 Å². The molecule has 1 fully saturated rings. The Labute approximate surface area is 171 Å². The summed E-state index contributed by atoms with van der Waals surface area (Å²) in [5.74, 6) is -0.650. The van der Waals surface area contributed by atoms with Crippen molar-refractivity contribution >= 4 is 33.6 Å². The van der Waals surface area contributed by atoms with Crippen LogP contribution >= 0.6 is 15.9 Å². The summed E-state index contributed by atoms with van der Waals surface area (Å²) in [7, 11) is 0. The molecule has 0 aromatic heterocycles. The Morgan fingerprint density at radius 2 is 2.04 bits per heavy atom. The Kier molecular flexibility index (Phi) is 6.46. The lowest BCUT2D eigenvalue weighted by Gasteiger charge is -2.22. The molecule has 1 aliphatic carbocycles. The second-order valence-electron chi connectivity index (χ2n) is 6.66. The maximum atomic E-state index is 14.1. The third kappa shape index (κ3) is 5.42. The van der Waals surface area contributed by atoms with Gasteiger partial charge in [0.1, 0.15) is 5.82 Å². The summed E-state index contributed by atoms with van der Waals surface area (Å²) in [6, 6.07) is 11.3. The third-order valence-electron chi connectivity index (χ3n) is 4.29. The number of urea groups is 1. The number of anilines is 1. The monoisotopic (exact) mass is 445 g/mol. The van der Waals surface area contributed by atoms with Gasteiger partial charge in [0.15, 0.2) is 0 Å². The van der Waals surface area contributed by atoms with E-state index in [1.165, 1.54) is 11.0 Å². The van der Waals surface area contributed by atoms with E-state index in [2.05, 4.69) is 33.1 Å². The molecule has 0 aliphatic heterocycles. The molecule has 28 heavy (non-hydrogen) atoms. The van der Waals surface area contributed by atoms with Gasteiger partial charge in [-0.15, -0.1) is 6.58 Å². The summed E-state index contributed by atoms with van der Waals surface area (Å²) < 4.78 is 14.9. The number of halogens is 2. The standard InChI is InChI=1S/C21H21BrFN3O2/c1-2-10-26(13-15-11-16(22)6-9-19(15)23)20(27)14-4-3-5-18(12-14)25-21(28)24-17-7-8-17/h2-6,9,11-12,17H,1,7-8,10,13H2,(H2,24,25,28). The molecule has 7 heteroatoms. The predicted molar refractivity (Wildman–Crippen MR) is 111 cm³/mol. The summed E-state index contributed by atoms with van der Waals surface area (Å²) >= 11 is 3.32. The van der Waals surface area contributed by atoms with Crippen LogP contribution in [0.25, 0.3) is 0 Å². The number of hydrogen-bond donors (Lipinski definition) is 2. The molecule has 1 aliphatic rings. The number of carbonyl (C=O) groups is 2. The minimum atomic E-state index is -0.378. The lowest BCUT2D eigenvalue weighted by atomic mass is 10.1. The van der Waals surface area contributed by atoms with Crippen LogP contribution in [-0.2, 0) is 6.54 Å². The van der Waals surface area contributed by atoms with Gasteiger partial charge in [-0.25, -0.2) is 9.18 Å². The van der Waals surface area contributed by atoms with E-state index in [0.717, 1.165) is 17.3 Å². The van der Waals surface area contributed by atoms with Crippen LogP contribution in [0, 0.1) is 5.82 Å². The molecule has 5 nitrogen and oxygen atoms in total. The van der Waals surface area contributed by atoms with Crippen LogP contribution in [0.3, 0.4) is 0 Å². The molecule has 0 radical (unpaired) electrons. The highest BCUT2D eigenvalue weighted by molar-refractivity contribution is 9.10. The van der Waals surface area contributed by atoms with Crippen LogP contribution in [0.1, 0.15) is 28.8 Å². The first kappa shape index (κ1) is 20.1. The molecular formula is C21H21BrFN3O2. The average molecular weight is 446 g/mol. The normalized spacial score (nSPS) is 12.9. The molecule has 0 atom stereocenters. The average Bonchev–Trinajstić information content (AvgIpc) is 3.47. The van der Waals surface area contributed by atoms with Crippen molar-refractivity contribution in [1.29, 1.82) is 0 Å². The summed E-state index contributed by atoms with van der Waals surface area (Å²) in [6.45, 7) is 4.06. The number of carbonyl (C=O) groups excluding carboxylic acids is 2. The number of amides is 3. The topological polar surface area (TPSA) is 61.4 Å². The zero-order valence-electron chi connectivity index (χ0n) is 15.3. The zero-order chi connectivity index (χ0) is 20.1. The van der Waals surface area contributed by atoms with Crippen molar-refractivity contribution in [1.82, 2.24) is 10.2 Å². The molecule has 0 unspecified atom stereocenters. The van der Waals surface area contributed by atoms with Crippen molar-refractivity contribution in [3.8, 4) is 0 Å². The molecule has 0 bridgehead atoms. The molecule has 0 saturated heterocycles. The molecule has 146 valence electrons. The van der Waals surface area contributed by atoms with E-state index in [9.17, 15) is 14.0 Å². The van der Waals surface area contributed by atoms with Gasteiger partial charge in [-0.05, 0) is 49.2 Å². The Bertz CT molecular complexity index is 899. The SMILES string of the molecule is C=CCN(Cc1cc(Br)ccc1F)C(=O)c1cccc(NC(=O)NC2CC2)c1. The van der Waals surface area contributed by atoms with Gasteiger partial charge in [-0.3, -0.25) is 4.79 Å². The van der Waals surface area contributed by atoms with Gasteiger partial charge < -0.3 is 15.5 Å². The number of rotatable bonds is 7. The maximum Gasteiger partial charge on any atom is 0.319 e. The van der Waals surface area contributed by atoms with Crippen molar-refractivity contribution < 1.29 is 14.0 Å². The highest BCUT2D eigenvalue weighted by Gasteiger charge is 2.23. The highest BCUT2D eigenvalue weighted by atomic mass is 79.9. The van der Waals surface area contributed by atoms with Crippen LogP contribution in [0.4, 0.5) is 14.9 Å². The van der Waals surface area contributed by atoms with E-state index in [-0.39, 0.29) is 36.9 Å². The summed E-state index contributed by atoms with van der Waals surface area (Å²) in [6.07, 6.45) is 3.59. The second-order valence-corrected chi connectivity index (χ2v) is 7.58. The lowest BCUT2D eigenvalue weighted by molar-refractivity contribution is 0.0761. The van der Waals surface area contributed by atoms with Crippen molar-refractivity contribution in [2.24, 2.45) is 0 Å². The minimum Gasteiger partial charge on any atom is -0.335 e. The van der Waals surface area contributed by atoms with Gasteiger partial charge in [0.2, 0.25) is 0 Å². The van der Waals surface area contributed by atoms with E-state index >= 15 is 0 Å². The van der Waals surface area contributed by atoms with Crippen LogP contribution in [0.2, 0.25) is 0 Å². The molecule has 2 aromatic carbocycles. The minimum absolute atomic E-state index is 0.107. The molecule has 2 N–H and O–H groups in total. The van der Waals surface area contributed by atoms with Crippen LogP contribution in [-0.4, -0.2) is 29.4 Å². The lowest BCUT2D eigenvalue weighted by Crippen LogP contribution is -2.32. The quantitative estimate of drug-likeness (QED) is 0.606. The van der Waals surface area contributed by atoms with Gasteiger partial charge in [-0.1, -0.05) is 28.1 Å². The van der Waals surface area contributed by atoms with Crippen LogP contribution in [0.15, 0.2) is 59.6 Å². The Hall–Kier alpha value is -2.67. The largest absolute Gasteiger partial charge is 0.335 e. The Morgan fingerprint density at radius 3 is 2.75 bits per heavy atom. The van der Waals surface area contributed by atoms with Crippen LogP contribution < -0.4 is 10.6 Å². The van der Waals surface area contributed by atoms with Gasteiger partial charge >= 0.3 is 6.03 Å². The van der Waals surface area contributed by atoms with E-state index in [1.54, 1.807) is 42.5 Å². The highest BCUT2D eigenvalue weighted by Crippen LogP contribution is 2.21. The number of hydrogen-bond acceptors (Lipinski definition) is 2. The predicted octanol–water partition coefficient (Wildman–Crippen LogP) is 4.70. The molecule has 3 amide bonds. The van der Waals surface area contributed by atoms with Crippen LogP contribution in [0.5, 0.6) is 0 Å². The molecule has 3 rings (SSSR count). The molecule has 1 saturated carbocycles. The van der Waals surface area contributed by atoms with Crippen molar-refractivity contribution in [3.63, 3.8) is 0 Å².